The van der Waals surface area contributed by atoms with Crippen molar-refractivity contribution in [2.24, 2.45) is 5.73 Å². The monoisotopic (exact) mass is 385 g/mol. The van der Waals surface area contributed by atoms with Crippen molar-refractivity contribution >= 4 is 23.4 Å². The lowest BCUT2D eigenvalue weighted by Crippen LogP contribution is -2.55. The second-order valence-electron chi connectivity index (χ2n) is 6.77. The average molecular weight is 386 g/mol. The molecule has 2 aromatic carbocycles. The van der Waals surface area contributed by atoms with Crippen LogP contribution in [0.25, 0.3) is 0 Å². The van der Waals surface area contributed by atoms with Gasteiger partial charge in [0.15, 0.2) is 0 Å². The number of amides is 2. The quantitative estimate of drug-likeness (QED) is 0.857. The topological polar surface area (TPSA) is 66.6 Å². The minimum absolute atomic E-state index is 0.0313. The highest BCUT2D eigenvalue weighted by molar-refractivity contribution is 6.31. The van der Waals surface area contributed by atoms with Gasteiger partial charge in [-0.1, -0.05) is 60.1 Å². The Bertz CT molecular complexity index is 789. The molecule has 5 nitrogen and oxygen atoms in total. The van der Waals surface area contributed by atoms with Crippen LogP contribution in [0.4, 0.5) is 0 Å². The predicted octanol–water partition coefficient (Wildman–Crippen LogP) is 2.12. The van der Waals surface area contributed by atoms with Crippen LogP contribution in [0.5, 0.6) is 0 Å². The Morgan fingerprint density at radius 2 is 1.52 bits per heavy atom. The molecule has 0 unspecified atom stereocenters. The van der Waals surface area contributed by atoms with Crippen LogP contribution in [-0.4, -0.2) is 53.8 Å². The van der Waals surface area contributed by atoms with Crippen molar-refractivity contribution in [3.8, 4) is 0 Å². The van der Waals surface area contributed by atoms with Crippen molar-refractivity contribution in [1.82, 2.24) is 9.80 Å². The van der Waals surface area contributed by atoms with Gasteiger partial charge in [0.05, 0.1) is 12.5 Å². The van der Waals surface area contributed by atoms with E-state index in [0.29, 0.717) is 37.6 Å². The Hall–Kier alpha value is -2.37. The molecule has 1 fully saturated rings. The van der Waals surface area contributed by atoms with E-state index in [1.807, 2.05) is 48.5 Å². The molecule has 1 heterocycles. The van der Waals surface area contributed by atoms with Gasteiger partial charge in [0.25, 0.3) is 0 Å². The molecular weight excluding hydrogens is 362 g/mol. The Morgan fingerprint density at radius 3 is 2.19 bits per heavy atom. The Balaban J connectivity index is 1.50. The summed E-state index contributed by atoms with van der Waals surface area (Å²) < 4.78 is 0. The van der Waals surface area contributed by atoms with Gasteiger partial charge in [-0.3, -0.25) is 9.59 Å². The lowest BCUT2D eigenvalue weighted by molar-refractivity contribution is -0.140. The van der Waals surface area contributed by atoms with Crippen LogP contribution in [0.3, 0.4) is 0 Å². The third-order valence-corrected chi connectivity index (χ3v) is 5.23. The summed E-state index contributed by atoms with van der Waals surface area (Å²) in [6.45, 7) is 2.06. The molecule has 0 radical (unpaired) electrons. The molecule has 27 heavy (non-hydrogen) atoms. The molecule has 0 spiro atoms. The van der Waals surface area contributed by atoms with E-state index in [-0.39, 0.29) is 18.2 Å². The highest BCUT2D eigenvalue weighted by Crippen LogP contribution is 2.17. The number of nitrogens with zero attached hydrogens (tertiary/aromatic N) is 2. The number of nitrogens with two attached hydrogens (primary N) is 1. The first kappa shape index (κ1) is 19.4. The van der Waals surface area contributed by atoms with Crippen LogP contribution in [0.15, 0.2) is 54.6 Å². The van der Waals surface area contributed by atoms with Crippen LogP contribution >= 0.6 is 11.6 Å². The van der Waals surface area contributed by atoms with Crippen molar-refractivity contribution in [1.29, 1.82) is 0 Å². The minimum Gasteiger partial charge on any atom is -0.339 e. The van der Waals surface area contributed by atoms with E-state index >= 15 is 0 Å². The second-order valence-corrected chi connectivity index (χ2v) is 7.18. The summed E-state index contributed by atoms with van der Waals surface area (Å²) in [5.41, 5.74) is 7.98. The number of benzene rings is 2. The SMILES string of the molecule is N[C@@H](Cc1ccccc1)C(=O)N1CCN(C(=O)Cc2ccccc2Cl)CC1. The Labute approximate surface area is 164 Å². The van der Waals surface area contributed by atoms with Gasteiger partial charge >= 0.3 is 0 Å². The number of carbonyl (C=O) groups is 2. The van der Waals surface area contributed by atoms with E-state index in [4.69, 9.17) is 17.3 Å². The molecule has 2 N–H and O–H groups in total. The van der Waals surface area contributed by atoms with E-state index in [2.05, 4.69) is 0 Å². The minimum atomic E-state index is -0.558. The average Bonchev–Trinajstić information content (AvgIpc) is 2.70. The van der Waals surface area contributed by atoms with Gasteiger partial charge in [-0.2, -0.15) is 0 Å². The molecule has 142 valence electrons. The molecule has 1 aliphatic rings. The van der Waals surface area contributed by atoms with Crippen molar-refractivity contribution < 1.29 is 9.59 Å². The van der Waals surface area contributed by atoms with Crippen molar-refractivity contribution in [2.75, 3.05) is 26.2 Å². The molecule has 0 saturated carbocycles. The second kappa shape index (κ2) is 9.02. The van der Waals surface area contributed by atoms with E-state index in [1.165, 1.54) is 0 Å². The standard InChI is InChI=1S/C21H24ClN3O2/c22-18-9-5-4-8-17(18)15-20(26)24-10-12-25(13-11-24)21(27)19(23)14-16-6-2-1-3-7-16/h1-9,19H,10-15,23H2/t19-/m0/s1. The number of hydrogen-bond acceptors (Lipinski definition) is 3. The summed E-state index contributed by atoms with van der Waals surface area (Å²) in [6.07, 6.45) is 0.798. The zero-order valence-corrected chi connectivity index (χ0v) is 15.9. The van der Waals surface area contributed by atoms with Gasteiger partial charge in [0.1, 0.15) is 0 Å². The van der Waals surface area contributed by atoms with Gasteiger partial charge < -0.3 is 15.5 Å². The summed E-state index contributed by atoms with van der Waals surface area (Å²) in [6, 6.07) is 16.6. The molecule has 1 aliphatic heterocycles. The maximum atomic E-state index is 12.6. The summed E-state index contributed by atoms with van der Waals surface area (Å²) in [7, 11) is 0. The number of rotatable bonds is 5. The van der Waals surface area contributed by atoms with E-state index < -0.39 is 6.04 Å². The molecular formula is C21H24ClN3O2. The zero-order chi connectivity index (χ0) is 19.2. The normalized spacial score (nSPS) is 15.5. The van der Waals surface area contributed by atoms with E-state index in [0.717, 1.165) is 11.1 Å². The molecule has 1 atom stereocenters. The van der Waals surface area contributed by atoms with Gasteiger partial charge in [-0.25, -0.2) is 0 Å². The van der Waals surface area contributed by atoms with Gasteiger partial charge in [-0.05, 0) is 23.6 Å². The van der Waals surface area contributed by atoms with Crippen LogP contribution < -0.4 is 5.73 Å². The third-order valence-electron chi connectivity index (χ3n) is 4.86. The maximum Gasteiger partial charge on any atom is 0.239 e. The molecule has 3 rings (SSSR count). The van der Waals surface area contributed by atoms with Gasteiger partial charge in [-0.15, -0.1) is 0 Å². The largest absolute Gasteiger partial charge is 0.339 e. The summed E-state index contributed by atoms with van der Waals surface area (Å²) in [4.78, 5) is 28.6. The lowest BCUT2D eigenvalue weighted by Gasteiger charge is -2.36. The molecule has 2 aromatic rings. The zero-order valence-electron chi connectivity index (χ0n) is 15.2. The molecule has 0 bridgehead atoms. The van der Waals surface area contributed by atoms with Crippen molar-refractivity contribution in [3.63, 3.8) is 0 Å². The molecule has 0 aliphatic carbocycles. The Morgan fingerprint density at radius 1 is 0.926 bits per heavy atom. The molecule has 1 saturated heterocycles. The van der Waals surface area contributed by atoms with Crippen LogP contribution in [0, 0.1) is 0 Å². The number of hydrogen-bond donors (Lipinski definition) is 1. The maximum absolute atomic E-state index is 12.6. The fourth-order valence-electron chi connectivity index (χ4n) is 3.28. The molecule has 0 aromatic heterocycles. The van der Waals surface area contributed by atoms with Gasteiger partial charge in [0.2, 0.25) is 11.8 Å². The summed E-state index contributed by atoms with van der Waals surface area (Å²) >= 11 is 6.14. The number of carbonyl (C=O) groups excluding carboxylic acids is 2. The fraction of sp³-hybridized carbons (Fsp3) is 0.333. The first-order chi connectivity index (χ1) is 13.0. The van der Waals surface area contributed by atoms with Crippen molar-refractivity contribution in [2.45, 2.75) is 18.9 Å². The van der Waals surface area contributed by atoms with Gasteiger partial charge in [0, 0.05) is 31.2 Å². The first-order valence-corrected chi connectivity index (χ1v) is 9.52. The number of halogens is 1. The highest BCUT2D eigenvalue weighted by atomic mass is 35.5. The predicted molar refractivity (Wildman–Crippen MR) is 106 cm³/mol. The fourth-order valence-corrected chi connectivity index (χ4v) is 3.49. The summed E-state index contributed by atoms with van der Waals surface area (Å²) in [5.74, 6) is -0.0270. The van der Waals surface area contributed by atoms with Crippen LogP contribution in [0.2, 0.25) is 5.02 Å². The molecule has 6 heteroatoms. The Kier molecular flexibility index (Phi) is 6.48. The van der Waals surface area contributed by atoms with Crippen LogP contribution in [0.1, 0.15) is 11.1 Å². The van der Waals surface area contributed by atoms with E-state index in [9.17, 15) is 9.59 Å². The summed E-state index contributed by atoms with van der Waals surface area (Å²) in [5, 5.41) is 0.603. The smallest absolute Gasteiger partial charge is 0.239 e. The first-order valence-electron chi connectivity index (χ1n) is 9.14. The molecule has 2 amide bonds. The number of piperazine rings is 1. The lowest BCUT2D eigenvalue weighted by atomic mass is 10.1. The third kappa shape index (κ3) is 5.08. The van der Waals surface area contributed by atoms with E-state index in [1.54, 1.807) is 15.9 Å². The van der Waals surface area contributed by atoms with Crippen molar-refractivity contribution in [3.05, 3.63) is 70.7 Å². The highest BCUT2D eigenvalue weighted by Gasteiger charge is 2.27. The van der Waals surface area contributed by atoms with Crippen LogP contribution in [-0.2, 0) is 22.4 Å².